The van der Waals surface area contributed by atoms with E-state index in [1.165, 1.54) is 205 Å². The van der Waals surface area contributed by atoms with Crippen LogP contribution in [0.25, 0.3) is 0 Å². The van der Waals surface area contributed by atoms with E-state index in [4.69, 9.17) is 9.47 Å². The quantitative estimate of drug-likeness (QED) is 0.0520. The van der Waals surface area contributed by atoms with Gasteiger partial charge in [0.2, 0.25) is 0 Å². The number of hydrogen-bond donors (Lipinski definition) is 1. The molecule has 47 heavy (non-hydrogen) atoms. The zero-order chi connectivity index (χ0) is 34.2. The average molecular weight is 669 g/mol. The fourth-order valence-electron chi connectivity index (χ4n) is 6.86. The van der Waals surface area contributed by atoms with Crippen molar-refractivity contribution in [3.05, 3.63) is 0 Å². The van der Waals surface area contributed by atoms with Crippen LogP contribution in [0, 0.1) is 0 Å². The third-order valence-corrected chi connectivity index (χ3v) is 10.5. The summed E-state index contributed by atoms with van der Waals surface area (Å²) in [6.45, 7) is 10.9. The van der Waals surface area contributed by atoms with E-state index in [9.17, 15) is 5.11 Å². The van der Waals surface area contributed by atoms with Gasteiger partial charge in [0.05, 0.1) is 26.9 Å². The standard InChI is InChI=1S/C43H90NO3/c1-4-6-8-10-12-14-16-18-20-22-24-26-28-30-32-34-40-46-42-37-44(3,36-39-45)38-43-47-41-35-33-31-29-27-25-23-21-19-17-15-13-11-9-7-5-2/h45H,4-43H2,1-3H3/q+1. The molecule has 0 saturated carbocycles. The fraction of sp³-hybridized carbons (Fsp3) is 1.00. The predicted octanol–water partition coefficient (Wildman–Crippen LogP) is 13.0. The molecule has 4 nitrogen and oxygen atoms in total. The molecule has 0 atom stereocenters. The second kappa shape index (κ2) is 40.3. The van der Waals surface area contributed by atoms with Crippen LogP contribution in [0.5, 0.6) is 0 Å². The van der Waals surface area contributed by atoms with E-state index >= 15 is 0 Å². The number of rotatable bonds is 42. The van der Waals surface area contributed by atoms with Crippen LogP contribution in [-0.2, 0) is 9.47 Å². The summed E-state index contributed by atoms with van der Waals surface area (Å²) < 4.78 is 12.8. The van der Waals surface area contributed by atoms with Crippen LogP contribution in [0.4, 0.5) is 0 Å². The molecule has 0 aliphatic rings. The lowest BCUT2D eigenvalue weighted by molar-refractivity contribution is -0.910. The zero-order valence-corrected chi connectivity index (χ0v) is 33.0. The summed E-state index contributed by atoms with van der Waals surface area (Å²) in [5.74, 6) is 0. The second-order valence-corrected chi connectivity index (χ2v) is 15.3. The molecule has 0 aromatic carbocycles. The van der Waals surface area contributed by atoms with Crippen LogP contribution in [-0.4, -0.2) is 69.3 Å². The number of hydrogen-bond acceptors (Lipinski definition) is 3. The van der Waals surface area contributed by atoms with Crippen molar-refractivity contribution in [3.8, 4) is 0 Å². The van der Waals surface area contributed by atoms with Crippen molar-refractivity contribution in [2.75, 3.05) is 59.7 Å². The van der Waals surface area contributed by atoms with Crippen LogP contribution in [0.2, 0.25) is 0 Å². The topological polar surface area (TPSA) is 38.7 Å². The molecule has 0 aromatic heterocycles. The Kier molecular flexibility index (Phi) is 40.1. The Hall–Kier alpha value is -0.160. The minimum atomic E-state index is 0.231. The van der Waals surface area contributed by atoms with Gasteiger partial charge >= 0.3 is 0 Å². The monoisotopic (exact) mass is 669 g/mol. The molecule has 0 unspecified atom stereocenters. The largest absolute Gasteiger partial charge is 0.391 e. The smallest absolute Gasteiger partial charge is 0.102 e. The van der Waals surface area contributed by atoms with Crippen molar-refractivity contribution in [3.63, 3.8) is 0 Å². The van der Waals surface area contributed by atoms with Crippen molar-refractivity contribution in [2.24, 2.45) is 0 Å². The van der Waals surface area contributed by atoms with Crippen LogP contribution in [0.1, 0.15) is 219 Å². The fourth-order valence-corrected chi connectivity index (χ4v) is 6.86. The number of nitrogens with zero attached hydrogens (tertiary/aromatic N) is 1. The van der Waals surface area contributed by atoms with Crippen molar-refractivity contribution >= 4 is 0 Å². The predicted molar refractivity (Wildman–Crippen MR) is 209 cm³/mol. The van der Waals surface area contributed by atoms with E-state index in [2.05, 4.69) is 20.9 Å². The third kappa shape index (κ3) is 38.5. The highest BCUT2D eigenvalue weighted by molar-refractivity contribution is 4.52. The molecule has 0 spiro atoms. The van der Waals surface area contributed by atoms with Crippen molar-refractivity contribution < 1.29 is 19.1 Å². The average Bonchev–Trinajstić information content (AvgIpc) is 3.07. The van der Waals surface area contributed by atoms with Crippen LogP contribution in [0.3, 0.4) is 0 Å². The number of aliphatic hydroxyl groups excluding tert-OH is 1. The SMILES string of the molecule is CCCCCCCCCCCCCCCCCCOCC[N+](C)(CCO)CCOCCCCCCCCCCCCCCCCCC. The van der Waals surface area contributed by atoms with Gasteiger partial charge in [-0.05, 0) is 12.8 Å². The molecule has 0 rings (SSSR count). The Balaban J connectivity index is 3.45. The second-order valence-electron chi connectivity index (χ2n) is 15.3. The summed E-state index contributed by atoms with van der Waals surface area (Å²) >= 11 is 0. The first-order chi connectivity index (χ1) is 23.2. The third-order valence-electron chi connectivity index (χ3n) is 10.5. The Morgan fingerprint density at radius 3 is 0.787 bits per heavy atom. The molecule has 284 valence electrons. The highest BCUT2D eigenvalue weighted by atomic mass is 16.5. The van der Waals surface area contributed by atoms with Crippen molar-refractivity contribution in [1.82, 2.24) is 0 Å². The lowest BCUT2D eigenvalue weighted by Gasteiger charge is -2.33. The van der Waals surface area contributed by atoms with E-state index in [1.54, 1.807) is 0 Å². The van der Waals surface area contributed by atoms with E-state index < -0.39 is 0 Å². The molecule has 0 fully saturated rings. The number of aliphatic hydroxyl groups is 1. The van der Waals surface area contributed by atoms with Gasteiger partial charge < -0.3 is 19.1 Å². The van der Waals surface area contributed by atoms with E-state index in [1.807, 2.05) is 0 Å². The van der Waals surface area contributed by atoms with Gasteiger partial charge in [-0.1, -0.05) is 206 Å². The Bertz CT molecular complexity index is 515. The van der Waals surface area contributed by atoms with Crippen molar-refractivity contribution in [2.45, 2.75) is 219 Å². The van der Waals surface area contributed by atoms with Crippen molar-refractivity contribution in [1.29, 1.82) is 0 Å². The van der Waals surface area contributed by atoms with Gasteiger partial charge in [0.25, 0.3) is 0 Å². The number of quaternary nitrogens is 1. The van der Waals surface area contributed by atoms with Gasteiger partial charge in [-0.2, -0.15) is 0 Å². The van der Waals surface area contributed by atoms with Crippen LogP contribution in [0.15, 0.2) is 0 Å². The maximum absolute atomic E-state index is 9.62. The van der Waals surface area contributed by atoms with Gasteiger partial charge in [-0.15, -0.1) is 0 Å². The van der Waals surface area contributed by atoms with E-state index in [0.717, 1.165) is 50.5 Å². The molecule has 1 N–H and O–H groups in total. The highest BCUT2D eigenvalue weighted by Gasteiger charge is 2.20. The van der Waals surface area contributed by atoms with Gasteiger partial charge in [-0.3, -0.25) is 0 Å². The van der Waals surface area contributed by atoms with E-state index in [0.29, 0.717) is 0 Å². The number of unbranched alkanes of at least 4 members (excludes halogenated alkanes) is 30. The molecule has 0 saturated heterocycles. The molecule has 0 bridgehead atoms. The van der Waals surface area contributed by atoms with Crippen LogP contribution >= 0.6 is 0 Å². The summed E-state index contributed by atoms with van der Waals surface area (Å²) in [6.07, 6.45) is 44.9. The molecule has 4 heteroatoms. The minimum Gasteiger partial charge on any atom is -0.391 e. The number of ether oxygens (including phenoxy) is 2. The molecule has 0 radical (unpaired) electrons. The van der Waals surface area contributed by atoms with Gasteiger partial charge in [-0.25, -0.2) is 0 Å². The molecule has 0 amide bonds. The summed E-state index contributed by atoms with van der Waals surface area (Å²) in [4.78, 5) is 0. The lowest BCUT2D eigenvalue weighted by Crippen LogP contribution is -2.50. The van der Waals surface area contributed by atoms with Gasteiger partial charge in [0.15, 0.2) is 0 Å². The molecule has 0 heterocycles. The van der Waals surface area contributed by atoms with E-state index in [-0.39, 0.29) is 6.61 Å². The molecular formula is C43H90NO3+. The number of likely N-dealkylation sites (N-methyl/N-ethyl adjacent to an activating group) is 1. The summed E-state index contributed by atoms with van der Waals surface area (Å²) in [6, 6.07) is 0. The normalized spacial score (nSPS) is 12.0. The maximum atomic E-state index is 9.62. The first-order valence-corrected chi connectivity index (χ1v) is 21.8. The Morgan fingerprint density at radius 1 is 0.319 bits per heavy atom. The first kappa shape index (κ1) is 46.8. The minimum absolute atomic E-state index is 0.231. The highest BCUT2D eigenvalue weighted by Crippen LogP contribution is 2.15. The summed E-state index contributed by atoms with van der Waals surface area (Å²) in [5, 5.41) is 9.62. The Labute approximate surface area is 297 Å². The molecular weight excluding hydrogens is 578 g/mol. The van der Waals surface area contributed by atoms with Gasteiger partial charge in [0, 0.05) is 13.2 Å². The molecule has 0 aliphatic heterocycles. The van der Waals surface area contributed by atoms with Crippen LogP contribution < -0.4 is 0 Å². The Morgan fingerprint density at radius 2 is 0.553 bits per heavy atom. The molecule has 0 aromatic rings. The van der Waals surface area contributed by atoms with Gasteiger partial charge in [0.1, 0.15) is 19.6 Å². The summed E-state index contributed by atoms with van der Waals surface area (Å²) in [7, 11) is 2.24. The molecule has 0 aliphatic carbocycles. The lowest BCUT2D eigenvalue weighted by atomic mass is 10.0. The first-order valence-electron chi connectivity index (χ1n) is 21.8. The summed E-state index contributed by atoms with van der Waals surface area (Å²) in [5.41, 5.74) is 0. The zero-order valence-electron chi connectivity index (χ0n) is 33.0. The maximum Gasteiger partial charge on any atom is 0.102 e.